The van der Waals surface area contributed by atoms with Crippen molar-refractivity contribution in [3.05, 3.63) is 45.2 Å². The molecule has 0 fully saturated rings. The maximum atomic E-state index is 13.7. The van der Waals surface area contributed by atoms with Gasteiger partial charge in [-0.3, -0.25) is 15.2 Å². The quantitative estimate of drug-likeness (QED) is 0.413. The molecular formula is C16H20FN5O2S. The zero-order chi connectivity index (χ0) is 18.6. The van der Waals surface area contributed by atoms with Crippen molar-refractivity contribution in [2.75, 3.05) is 20.7 Å². The Morgan fingerprint density at radius 2 is 2.20 bits per heavy atom. The molecule has 7 nitrogen and oxygen atoms in total. The molecule has 0 atom stereocenters. The zero-order valence-electron chi connectivity index (χ0n) is 14.0. The molecular weight excluding hydrogens is 345 g/mol. The monoisotopic (exact) mass is 365 g/mol. The van der Waals surface area contributed by atoms with E-state index >= 15 is 0 Å². The molecule has 1 aromatic carbocycles. The summed E-state index contributed by atoms with van der Waals surface area (Å²) in [7, 11) is 3.19. The average molecular weight is 365 g/mol. The Labute approximate surface area is 149 Å². The van der Waals surface area contributed by atoms with E-state index in [0.717, 1.165) is 0 Å². The van der Waals surface area contributed by atoms with Gasteiger partial charge in [0.25, 0.3) is 5.56 Å². The molecule has 0 spiro atoms. The summed E-state index contributed by atoms with van der Waals surface area (Å²) in [5.41, 5.74) is 5.96. The molecule has 1 heterocycles. The predicted molar refractivity (Wildman–Crippen MR) is 97.0 cm³/mol. The zero-order valence-corrected chi connectivity index (χ0v) is 14.8. The highest BCUT2D eigenvalue weighted by Crippen LogP contribution is 2.30. The van der Waals surface area contributed by atoms with Crippen LogP contribution < -0.4 is 16.0 Å². The van der Waals surface area contributed by atoms with Crippen LogP contribution in [0, 0.1) is 16.0 Å². The predicted octanol–water partition coefficient (Wildman–Crippen LogP) is 1.94. The number of aromatic nitrogens is 2. The fourth-order valence-corrected chi connectivity index (χ4v) is 2.72. The lowest BCUT2D eigenvalue weighted by molar-refractivity contribution is 0.414. The summed E-state index contributed by atoms with van der Waals surface area (Å²) in [6, 6.07) is 5.46. The standard InChI is InChI=1S/C16H20FN5O2S/c1-21(15(18)19)6-3-7-22-12(9-14(23)20-16(22)25)11-8-10(17)4-5-13(11)24-2/h4-5,8-9H,3,6-7H2,1-2H3,(H3,18,19)(H,20,23,25). The summed E-state index contributed by atoms with van der Waals surface area (Å²) in [5.74, 6) is -0.0297. The molecule has 1 aromatic heterocycles. The van der Waals surface area contributed by atoms with E-state index in [-0.39, 0.29) is 16.3 Å². The number of aromatic amines is 1. The number of benzene rings is 1. The van der Waals surface area contributed by atoms with Gasteiger partial charge in [-0.25, -0.2) is 4.39 Å². The molecule has 4 N–H and O–H groups in total. The second-order valence-electron chi connectivity index (χ2n) is 5.48. The number of nitrogens with one attached hydrogen (secondary N) is 2. The topological polar surface area (TPSA) is 100 Å². The first-order valence-corrected chi connectivity index (χ1v) is 7.97. The number of nitrogens with two attached hydrogens (primary N) is 1. The van der Waals surface area contributed by atoms with Gasteiger partial charge in [-0.1, -0.05) is 0 Å². The molecule has 134 valence electrons. The van der Waals surface area contributed by atoms with Crippen LogP contribution in [0.2, 0.25) is 0 Å². The summed E-state index contributed by atoms with van der Waals surface area (Å²) < 4.78 is 21.0. The maximum Gasteiger partial charge on any atom is 0.252 e. The fraction of sp³-hybridized carbons (Fsp3) is 0.312. The Hall–Kier alpha value is -2.68. The molecule has 2 aromatic rings. The van der Waals surface area contributed by atoms with Crippen LogP contribution in [-0.2, 0) is 6.54 Å². The Bertz CT molecular complexity index is 893. The second kappa shape index (κ2) is 7.93. The largest absolute Gasteiger partial charge is 0.496 e. The lowest BCUT2D eigenvalue weighted by atomic mass is 10.1. The van der Waals surface area contributed by atoms with E-state index in [9.17, 15) is 9.18 Å². The normalized spacial score (nSPS) is 10.5. The van der Waals surface area contributed by atoms with Crippen molar-refractivity contribution in [3.63, 3.8) is 0 Å². The lowest BCUT2D eigenvalue weighted by Crippen LogP contribution is -2.34. The Kier molecular flexibility index (Phi) is 5.92. The van der Waals surface area contributed by atoms with Gasteiger partial charge in [0.15, 0.2) is 10.7 Å². The van der Waals surface area contributed by atoms with Crippen molar-refractivity contribution in [1.82, 2.24) is 14.5 Å². The number of hydrogen-bond donors (Lipinski definition) is 3. The summed E-state index contributed by atoms with van der Waals surface area (Å²) in [4.78, 5) is 16.0. The average Bonchev–Trinajstić information content (AvgIpc) is 2.56. The number of hydrogen-bond acceptors (Lipinski definition) is 4. The minimum absolute atomic E-state index is 0.0305. The van der Waals surface area contributed by atoms with Crippen LogP contribution in [0.15, 0.2) is 29.1 Å². The molecule has 2 rings (SSSR count). The van der Waals surface area contributed by atoms with Crippen molar-refractivity contribution >= 4 is 18.2 Å². The van der Waals surface area contributed by atoms with Crippen LogP contribution >= 0.6 is 12.2 Å². The highest BCUT2D eigenvalue weighted by atomic mass is 32.1. The highest BCUT2D eigenvalue weighted by molar-refractivity contribution is 7.71. The van der Waals surface area contributed by atoms with Crippen molar-refractivity contribution in [1.29, 1.82) is 5.41 Å². The SMILES string of the molecule is COc1ccc(F)cc1-c1cc(=O)[nH]c(=S)n1CCCN(C)C(=N)N. The minimum atomic E-state index is -0.440. The molecule has 9 heteroatoms. The van der Waals surface area contributed by atoms with Gasteiger partial charge in [-0.2, -0.15) is 0 Å². The Morgan fingerprint density at radius 3 is 2.84 bits per heavy atom. The van der Waals surface area contributed by atoms with E-state index in [1.54, 1.807) is 16.5 Å². The van der Waals surface area contributed by atoms with E-state index in [0.29, 0.717) is 36.5 Å². The van der Waals surface area contributed by atoms with Gasteiger partial charge in [0, 0.05) is 31.8 Å². The Morgan fingerprint density at radius 1 is 1.48 bits per heavy atom. The summed E-state index contributed by atoms with van der Waals surface area (Å²) in [5, 5.41) is 7.38. The molecule has 0 saturated heterocycles. The van der Waals surface area contributed by atoms with Crippen molar-refractivity contribution < 1.29 is 9.13 Å². The van der Waals surface area contributed by atoms with Gasteiger partial charge in [-0.05, 0) is 36.8 Å². The van der Waals surface area contributed by atoms with Crippen LogP contribution in [-0.4, -0.2) is 41.1 Å². The van der Waals surface area contributed by atoms with Crippen molar-refractivity contribution in [3.8, 4) is 17.0 Å². The van der Waals surface area contributed by atoms with Gasteiger partial charge in [-0.15, -0.1) is 0 Å². The number of halogens is 1. The number of H-pyrrole nitrogens is 1. The van der Waals surface area contributed by atoms with Crippen LogP contribution in [0.5, 0.6) is 5.75 Å². The summed E-state index contributed by atoms with van der Waals surface area (Å²) >= 11 is 5.26. The molecule has 0 aliphatic rings. The first-order chi connectivity index (χ1) is 11.8. The number of methoxy groups -OCH3 is 1. The molecule has 0 saturated carbocycles. The Balaban J connectivity index is 2.45. The summed E-state index contributed by atoms with van der Waals surface area (Å²) in [6.07, 6.45) is 0.626. The van der Waals surface area contributed by atoms with Gasteiger partial charge < -0.3 is 19.9 Å². The third-order valence-corrected chi connectivity index (χ3v) is 4.08. The molecule has 0 bridgehead atoms. The third kappa shape index (κ3) is 4.44. The number of guanidine groups is 1. The molecule has 25 heavy (non-hydrogen) atoms. The molecule has 0 amide bonds. The smallest absolute Gasteiger partial charge is 0.252 e. The molecule has 0 aliphatic heterocycles. The van der Waals surface area contributed by atoms with Crippen LogP contribution in [0.1, 0.15) is 6.42 Å². The first kappa shape index (κ1) is 18.7. The highest BCUT2D eigenvalue weighted by Gasteiger charge is 2.13. The van der Waals surface area contributed by atoms with Crippen LogP contribution in [0.25, 0.3) is 11.3 Å². The van der Waals surface area contributed by atoms with Gasteiger partial charge >= 0.3 is 0 Å². The van der Waals surface area contributed by atoms with Crippen molar-refractivity contribution in [2.24, 2.45) is 5.73 Å². The number of rotatable bonds is 6. The van der Waals surface area contributed by atoms with E-state index in [1.807, 2.05) is 0 Å². The van der Waals surface area contributed by atoms with Gasteiger partial charge in [0.1, 0.15) is 11.6 Å². The van der Waals surface area contributed by atoms with E-state index in [1.165, 1.54) is 31.4 Å². The second-order valence-corrected chi connectivity index (χ2v) is 5.87. The van der Waals surface area contributed by atoms with Gasteiger partial charge in [0.05, 0.1) is 12.8 Å². The van der Waals surface area contributed by atoms with E-state index < -0.39 is 5.82 Å². The van der Waals surface area contributed by atoms with Crippen LogP contribution in [0.3, 0.4) is 0 Å². The van der Waals surface area contributed by atoms with Crippen LogP contribution in [0.4, 0.5) is 4.39 Å². The molecule has 0 radical (unpaired) electrons. The summed E-state index contributed by atoms with van der Waals surface area (Å²) in [6.45, 7) is 0.998. The van der Waals surface area contributed by atoms with Gasteiger partial charge in [0.2, 0.25) is 0 Å². The molecule has 0 aliphatic carbocycles. The first-order valence-electron chi connectivity index (χ1n) is 7.56. The molecule has 0 unspecified atom stereocenters. The van der Waals surface area contributed by atoms with E-state index in [2.05, 4.69) is 4.98 Å². The van der Waals surface area contributed by atoms with E-state index in [4.69, 9.17) is 28.1 Å². The third-order valence-electron chi connectivity index (χ3n) is 3.76. The lowest BCUT2D eigenvalue weighted by Gasteiger charge is -2.19. The van der Waals surface area contributed by atoms with Crippen molar-refractivity contribution in [2.45, 2.75) is 13.0 Å². The maximum absolute atomic E-state index is 13.7. The minimum Gasteiger partial charge on any atom is -0.496 e. The number of nitrogens with zero attached hydrogens (tertiary/aromatic N) is 2. The number of ether oxygens (including phenoxy) is 1. The fourth-order valence-electron chi connectivity index (χ4n) is 2.43.